The van der Waals surface area contributed by atoms with Crippen LogP contribution >= 0.6 is 0 Å². The maximum Gasteiger partial charge on any atom is 0.302 e. The van der Waals surface area contributed by atoms with Crippen molar-refractivity contribution in [3.8, 4) is 0 Å². The first-order chi connectivity index (χ1) is 9.99. The van der Waals surface area contributed by atoms with Gasteiger partial charge in [0.15, 0.2) is 0 Å². The Hall–Kier alpha value is -1.39. The number of aliphatic hydroxyl groups excluding tert-OH is 1. The zero-order valence-corrected chi connectivity index (χ0v) is 13.1. The van der Waals surface area contributed by atoms with Gasteiger partial charge in [-0.3, -0.25) is 9.69 Å². The van der Waals surface area contributed by atoms with Crippen molar-refractivity contribution in [2.75, 3.05) is 13.2 Å². The monoisotopic (exact) mass is 291 g/mol. The zero-order valence-electron chi connectivity index (χ0n) is 13.1. The molecular formula is C17H25NO3. The van der Waals surface area contributed by atoms with Crippen LogP contribution in [0.15, 0.2) is 18.2 Å². The van der Waals surface area contributed by atoms with Crippen molar-refractivity contribution < 1.29 is 14.6 Å². The van der Waals surface area contributed by atoms with E-state index < -0.39 is 0 Å². The number of likely N-dealkylation sites (tertiary alicyclic amines) is 1. The molecule has 0 amide bonds. The number of esters is 1. The van der Waals surface area contributed by atoms with E-state index in [0.717, 1.165) is 19.4 Å². The minimum atomic E-state index is -0.242. The molecule has 21 heavy (non-hydrogen) atoms. The summed E-state index contributed by atoms with van der Waals surface area (Å²) in [5.41, 5.74) is 3.75. The Morgan fingerprint density at radius 3 is 2.43 bits per heavy atom. The Labute approximate surface area is 126 Å². The van der Waals surface area contributed by atoms with E-state index in [1.165, 1.54) is 23.6 Å². The molecule has 0 radical (unpaired) electrons. The lowest BCUT2D eigenvalue weighted by atomic mass is 10.1. The smallest absolute Gasteiger partial charge is 0.302 e. The summed E-state index contributed by atoms with van der Waals surface area (Å²) in [4.78, 5) is 13.3. The van der Waals surface area contributed by atoms with E-state index in [0.29, 0.717) is 6.61 Å². The summed E-state index contributed by atoms with van der Waals surface area (Å²) in [6, 6.07) is 6.89. The van der Waals surface area contributed by atoms with Crippen LogP contribution in [0.4, 0.5) is 0 Å². The van der Waals surface area contributed by atoms with Gasteiger partial charge in [-0.25, -0.2) is 0 Å². The molecule has 0 aromatic heterocycles. The first-order valence-electron chi connectivity index (χ1n) is 7.56. The van der Waals surface area contributed by atoms with Crippen LogP contribution in [0.3, 0.4) is 0 Å². The number of rotatable bonds is 5. The van der Waals surface area contributed by atoms with Crippen LogP contribution in [-0.2, 0) is 16.1 Å². The lowest BCUT2D eigenvalue weighted by Crippen LogP contribution is -2.40. The van der Waals surface area contributed by atoms with Crippen LogP contribution in [0, 0.1) is 13.8 Å². The molecule has 1 fully saturated rings. The average molecular weight is 291 g/mol. The van der Waals surface area contributed by atoms with Gasteiger partial charge in [-0.15, -0.1) is 0 Å². The number of benzene rings is 1. The molecule has 1 aromatic carbocycles. The molecule has 2 rings (SSSR count). The van der Waals surface area contributed by atoms with Crippen molar-refractivity contribution in [3.63, 3.8) is 0 Å². The lowest BCUT2D eigenvalue weighted by molar-refractivity contribution is -0.142. The van der Waals surface area contributed by atoms with Gasteiger partial charge in [-0.05, 0) is 32.3 Å². The number of aryl methyl sites for hydroxylation is 2. The quantitative estimate of drug-likeness (QED) is 0.845. The molecule has 0 saturated carbocycles. The summed E-state index contributed by atoms with van der Waals surface area (Å²) in [5, 5.41) is 9.57. The van der Waals surface area contributed by atoms with E-state index in [1.54, 1.807) is 0 Å². The normalized spacial score (nSPS) is 22.5. The Morgan fingerprint density at radius 2 is 1.86 bits per heavy atom. The van der Waals surface area contributed by atoms with E-state index in [9.17, 15) is 9.90 Å². The second kappa shape index (κ2) is 7.05. The number of hydrogen-bond donors (Lipinski definition) is 1. The van der Waals surface area contributed by atoms with E-state index in [2.05, 4.69) is 36.9 Å². The molecule has 116 valence electrons. The maximum atomic E-state index is 11.0. The van der Waals surface area contributed by atoms with Crippen molar-refractivity contribution in [1.82, 2.24) is 4.90 Å². The molecule has 1 aliphatic rings. The maximum absolute atomic E-state index is 11.0. The fourth-order valence-electron chi connectivity index (χ4n) is 3.23. The summed E-state index contributed by atoms with van der Waals surface area (Å²) in [5.74, 6) is -0.242. The van der Waals surface area contributed by atoms with Crippen molar-refractivity contribution in [2.45, 2.75) is 52.2 Å². The van der Waals surface area contributed by atoms with Crippen LogP contribution in [0.25, 0.3) is 0 Å². The van der Waals surface area contributed by atoms with Crippen molar-refractivity contribution in [1.29, 1.82) is 0 Å². The lowest BCUT2D eigenvalue weighted by Gasteiger charge is -2.29. The van der Waals surface area contributed by atoms with Crippen molar-refractivity contribution in [3.05, 3.63) is 34.9 Å². The molecular weight excluding hydrogens is 266 g/mol. The summed E-state index contributed by atoms with van der Waals surface area (Å²) in [6.07, 6.45) is 1.91. The standard InChI is InChI=1S/C17H25NO3/c1-12-6-13(2)8-15(7-12)9-18-16(10-19)4-5-17(18)11-21-14(3)20/h6-8,16-17,19H,4-5,9-11H2,1-3H3/t16?,17-/m0/s1. The fourth-order valence-corrected chi connectivity index (χ4v) is 3.23. The molecule has 0 aliphatic carbocycles. The summed E-state index contributed by atoms with van der Waals surface area (Å²) in [7, 11) is 0. The minimum absolute atomic E-state index is 0.154. The van der Waals surface area contributed by atoms with Crippen molar-refractivity contribution >= 4 is 5.97 Å². The molecule has 1 aliphatic heterocycles. The largest absolute Gasteiger partial charge is 0.464 e. The van der Waals surface area contributed by atoms with E-state index in [-0.39, 0.29) is 24.7 Å². The number of aliphatic hydroxyl groups is 1. The molecule has 0 bridgehead atoms. The Bertz CT molecular complexity index is 481. The highest BCUT2D eigenvalue weighted by Crippen LogP contribution is 2.27. The van der Waals surface area contributed by atoms with Gasteiger partial charge in [0.2, 0.25) is 0 Å². The molecule has 1 aromatic rings. The Morgan fingerprint density at radius 1 is 1.24 bits per heavy atom. The topological polar surface area (TPSA) is 49.8 Å². The summed E-state index contributed by atoms with van der Waals surface area (Å²) < 4.78 is 5.17. The molecule has 2 atom stereocenters. The molecule has 0 spiro atoms. The summed E-state index contributed by atoms with van der Waals surface area (Å²) >= 11 is 0. The van der Waals surface area contributed by atoms with Gasteiger partial charge >= 0.3 is 5.97 Å². The van der Waals surface area contributed by atoms with Gasteiger partial charge in [0, 0.05) is 25.6 Å². The van der Waals surface area contributed by atoms with Crippen molar-refractivity contribution in [2.24, 2.45) is 0 Å². The zero-order chi connectivity index (χ0) is 15.4. The Balaban J connectivity index is 2.10. The molecule has 1 N–H and O–H groups in total. The van der Waals surface area contributed by atoms with Gasteiger partial charge in [-0.1, -0.05) is 29.3 Å². The number of carbonyl (C=O) groups is 1. The first-order valence-corrected chi connectivity index (χ1v) is 7.56. The summed E-state index contributed by atoms with van der Waals surface area (Å²) in [6.45, 7) is 6.99. The van der Waals surface area contributed by atoms with E-state index >= 15 is 0 Å². The predicted molar refractivity (Wildman–Crippen MR) is 82.0 cm³/mol. The molecule has 4 heteroatoms. The first kappa shape index (κ1) is 16.0. The van der Waals surface area contributed by atoms with Gasteiger partial charge < -0.3 is 9.84 Å². The second-order valence-electron chi connectivity index (χ2n) is 6.04. The predicted octanol–water partition coefficient (Wildman–Crippen LogP) is 2.19. The number of hydrogen-bond acceptors (Lipinski definition) is 4. The van der Waals surface area contributed by atoms with Gasteiger partial charge in [0.1, 0.15) is 6.61 Å². The highest BCUT2D eigenvalue weighted by molar-refractivity contribution is 5.65. The number of ether oxygens (including phenoxy) is 1. The molecule has 1 heterocycles. The highest BCUT2D eigenvalue weighted by Gasteiger charge is 2.33. The van der Waals surface area contributed by atoms with Crippen LogP contribution in [0.1, 0.15) is 36.5 Å². The van der Waals surface area contributed by atoms with Gasteiger partial charge in [0.25, 0.3) is 0 Å². The Kier molecular flexibility index (Phi) is 5.37. The van der Waals surface area contributed by atoms with Crippen LogP contribution in [0.5, 0.6) is 0 Å². The van der Waals surface area contributed by atoms with Crippen LogP contribution in [0.2, 0.25) is 0 Å². The van der Waals surface area contributed by atoms with E-state index in [4.69, 9.17) is 4.74 Å². The fraction of sp³-hybridized carbons (Fsp3) is 0.588. The number of nitrogens with zero attached hydrogens (tertiary/aromatic N) is 1. The third-order valence-corrected chi connectivity index (χ3v) is 4.11. The third kappa shape index (κ3) is 4.29. The molecule has 1 saturated heterocycles. The van der Waals surface area contributed by atoms with E-state index in [1.807, 2.05) is 0 Å². The van der Waals surface area contributed by atoms with Crippen LogP contribution < -0.4 is 0 Å². The average Bonchev–Trinajstić information content (AvgIpc) is 2.77. The molecule has 4 nitrogen and oxygen atoms in total. The van der Waals surface area contributed by atoms with Gasteiger partial charge in [-0.2, -0.15) is 0 Å². The number of carbonyl (C=O) groups excluding carboxylic acids is 1. The third-order valence-electron chi connectivity index (χ3n) is 4.11. The molecule has 1 unspecified atom stereocenters. The second-order valence-corrected chi connectivity index (χ2v) is 6.04. The van der Waals surface area contributed by atoms with Crippen LogP contribution in [-0.4, -0.2) is 41.3 Å². The minimum Gasteiger partial charge on any atom is -0.464 e. The van der Waals surface area contributed by atoms with Gasteiger partial charge in [0.05, 0.1) is 6.61 Å². The SMILES string of the molecule is CC(=O)OC[C@@H]1CCC(CO)N1Cc1cc(C)cc(C)c1. The highest BCUT2D eigenvalue weighted by atomic mass is 16.5.